The maximum absolute atomic E-state index is 13.5. The van der Waals surface area contributed by atoms with Crippen molar-refractivity contribution in [2.75, 3.05) is 25.5 Å². The molecule has 1 fully saturated rings. The number of aryl methyl sites for hydroxylation is 1. The van der Waals surface area contributed by atoms with Crippen LogP contribution >= 0.6 is 33.9 Å². The fraction of sp³-hybridized carbons (Fsp3) is 0.320. The Morgan fingerprint density at radius 3 is 2.38 bits per heavy atom. The zero-order valence-corrected chi connectivity index (χ0v) is 22.2. The summed E-state index contributed by atoms with van der Waals surface area (Å²) in [5.41, 5.74) is 1.45. The normalized spacial score (nSPS) is 15.7. The number of hydrogen-bond donors (Lipinski definition) is 2. The number of carbonyl (C=O) groups excluding carboxylic acids is 2. The lowest BCUT2D eigenvalue weighted by molar-refractivity contribution is -0.134. The van der Waals surface area contributed by atoms with Gasteiger partial charge in [-0.15, -0.1) is 11.3 Å². The number of halogens is 1. The first-order valence-corrected chi connectivity index (χ1v) is 13.1. The molecule has 2 heterocycles. The molecule has 0 aliphatic carbocycles. The number of nitrogens with one attached hydrogen (secondary N) is 2. The molecular weight excluding hydrogens is 561 g/mol. The van der Waals surface area contributed by atoms with E-state index >= 15 is 0 Å². The number of anilines is 1. The predicted octanol–water partition coefficient (Wildman–Crippen LogP) is 4.49. The van der Waals surface area contributed by atoms with Crippen molar-refractivity contribution in [1.29, 1.82) is 0 Å². The van der Waals surface area contributed by atoms with Crippen LogP contribution in [-0.4, -0.2) is 41.5 Å². The molecule has 1 atom stereocenters. The quantitative estimate of drug-likeness (QED) is 0.431. The summed E-state index contributed by atoms with van der Waals surface area (Å²) < 4.78 is 3.14. The molecule has 1 aromatic heterocycles. The van der Waals surface area contributed by atoms with Crippen LogP contribution < -0.4 is 15.4 Å². The Morgan fingerprint density at radius 1 is 1.09 bits per heavy atom. The van der Waals surface area contributed by atoms with Crippen molar-refractivity contribution in [1.82, 2.24) is 14.8 Å². The molecule has 0 radical (unpaired) electrons. The van der Waals surface area contributed by atoms with Crippen molar-refractivity contribution in [2.24, 2.45) is 12.0 Å². The Bertz CT molecular complexity index is 1200. The van der Waals surface area contributed by atoms with Gasteiger partial charge in [-0.1, -0.05) is 30.3 Å². The van der Waals surface area contributed by atoms with Crippen LogP contribution in [-0.2, 0) is 11.8 Å². The van der Waals surface area contributed by atoms with E-state index in [1.165, 1.54) is 4.88 Å². The highest BCUT2D eigenvalue weighted by Gasteiger charge is 2.31. The number of piperidine rings is 1. The van der Waals surface area contributed by atoms with Crippen LogP contribution in [0.2, 0.25) is 0 Å². The first kappa shape index (κ1) is 24.5. The van der Waals surface area contributed by atoms with Gasteiger partial charge in [-0.3, -0.25) is 9.79 Å². The lowest BCUT2D eigenvalue weighted by Crippen LogP contribution is -2.46. The van der Waals surface area contributed by atoms with Gasteiger partial charge in [0.05, 0.1) is 0 Å². The van der Waals surface area contributed by atoms with Gasteiger partial charge in [0, 0.05) is 47.5 Å². The molecule has 0 bridgehead atoms. The molecule has 2 N–H and O–H groups in total. The Balaban J connectivity index is 1.44. The molecule has 1 aliphatic heterocycles. The number of rotatable bonds is 5. The van der Waals surface area contributed by atoms with Gasteiger partial charge in [0.15, 0.2) is 4.80 Å². The van der Waals surface area contributed by atoms with E-state index in [1.54, 1.807) is 11.3 Å². The second kappa shape index (κ2) is 11.2. The molecular formula is C25H28IN5O2S. The zero-order chi connectivity index (χ0) is 24.1. The van der Waals surface area contributed by atoms with Gasteiger partial charge in [-0.05, 0) is 71.2 Å². The maximum Gasteiger partial charge on any atom is 0.320 e. The molecule has 2 aromatic carbocycles. The number of benzene rings is 2. The van der Waals surface area contributed by atoms with Crippen LogP contribution in [0.3, 0.4) is 0 Å². The number of hydrogen-bond acceptors (Lipinski definition) is 4. The third-order valence-corrected chi connectivity index (χ3v) is 8.04. The SMILES string of the molecule is CN=c1sc(C2CCN(C(=O)[C@H](NC(=O)Nc3ccc(I)cc3)c3ccccc3)CC2)cn1C. The fourth-order valence-electron chi connectivity index (χ4n) is 4.17. The van der Waals surface area contributed by atoms with E-state index in [4.69, 9.17) is 0 Å². The van der Waals surface area contributed by atoms with E-state index in [1.807, 2.05) is 73.6 Å². The molecule has 7 nitrogen and oxygen atoms in total. The lowest BCUT2D eigenvalue weighted by atomic mass is 9.94. The van der Waals surface area contributed by atoms with Gasteiger partial charge in [-0.25, -0.2) is 4.79 Å². The van der Waals surface area contributed by atoms with Crippen molar-refractivity contribution in [2.45, 2.75) is 24.8 Å². The Hall–Kier alpha value is -2.66. The van der Waals surface area contributed by atoms with Gasteiger partial charge in [0.25, 0.3) is 0 Å². The molecule has 4 rings (SSSR count). The van der Waals surface area contributed by atoms with Crippen molar-refractivity contribution >= 4 is 51.6 Å². The number of amides is 3. The minimum absolute atomic E-state index is 0.0802. The topological polar surface area (TPSA) is 78.7 Å². The number of likely N-dealkylation sites (tertiary alicyclic amines) is 1. The van der Waals surface area contributed by atoms with Gasteiger partial charge in [0.1, 0.15) is 6.04 Å². The largest absolute Gasteiger partial charge is 0.341 e. The van der Waals surface area contributed by atoms with Crippen LogP contribution in [0.15, 0.2) is 65.8 Å². The number of thiazole rings is 1. The van der Waals surface area contributed by atoms with E-state index in [2.05, 4.69) is 49.0 Å². The lowest BCUT2D eigenvalue weighted by Gasteiger charge is -2.34. The molecule has 34 heavy (non-hydrogen) atoms. The summed E-state index contributed by atoms with van der Waals surface area (Å²) >= 11 is 3.93. The van der Waals surface area contributed by atoms with Gasteiger partial charge >= 0.3 is 6.03 Å². The molecule has 3 aromatic rings. The average molecular weight is 590 g/mol. The van der Waals surface area contributed by atoms with E-state index < -0.39 is 12.1 Å². The van der Waals surface area contributed by atoms with Crippen LogP contribution in [0.5, 0.6) is 0 Å². The maximum atomic E-state index is 13.5. The summed E-state index contributed by atoms with van der Waals surface area (Å²) in [5, 5.41) is 5.73. The predicted molar refractivity (Wildman–Crippen MR) is 144 cm³/mol. The number of urea groups is 1. The van der Waals surface area contributed by atoms with Crippen LogP contribution in [0.4, 0.5) is 10.5 Å². The molecule has 9 heteroatoms. The summed E-state index contributed by atoms with van der Waals surface area (Å²) in [6, 6.07) is 15.8. The number of aromatic nitrogens is 1. The third kappa shape index (κ3) is 5.87. The molecule has 0 spiro atoms. The highest BCUT2D eigenvalue weighted by molar-refractivity contribution is 14.1. The highest BCUT2D eigenvalue weighted by Crippen LogP contribution is 2.31. The molecule has 1 aliphatic rings. The van der Waals surface area contributed by atoms with Gasteiger partial charge < -0.3 is 20.1 Å². The van der Waals surface area contributed by atoms with E-state index in [0.717, 1.165) is 26.8 Å². The Morgan fingerprint density at radius 2 is 1.76 bits per heavy atom. The Kier molecular flexibility index (Phi) is 8.04. The van der Waals surface area contributed by atoms with E-state index in [-0.39, 0.29) is 5.91 Å². The molecule has 0 saturated carbocycles. The van der Waals surface area contributed by atoms with E-state index in [9.17, 15) is 9.59 Å². The smallest absolute Gasteiger partial charge is 0.320 e. The summed E-state index contributed by atoms with van der Waals surface area (Å²) in [5.74, 6) is 0.339. The monoisotopic (exact) mass is 589 g/mol. The summed E-state index contributed by atoms with van der Waals surface area (Å²) in [7, 11) is 3.82. The van der Waals surface area contributed by atoms with Crippen LogP contribution in [0.25, 0.3) is 0 Å². The first-order chi connectivity index (χ1) is 16.4. The van der Waals surface area contributed by atoms with Gasteiger partial charge in [-0.2, -0.15) is 0 Å². The fourth-order valence-corrected chi connectivity index (χ4v) is 5.65. The average Bonchev–Trinajstić information content (AvgIpc) is 3.25. The van der Waals surface area contributed by atoms with Crippen molar-refractivity contribution in [3.8, 4) is 0 Å². The highest BCUT2D eigenvalue weighted by atomic mass is 127. The second-order valence-electron chi connectivity index (χ2n) is 8.30. The second-order valence-corrected chi connectivity index (χ2v) is 10.6. The molecule has 0 unspecified atom stereocenters. The zero-order valence-electron chi connectivity index (χ0n) is 19.2. The first-order valence-electron chi connectivity index (χ1n) is 11.2. The minimum atomic E-state index is -0.744. The number of nitrogens with zero attached hydrogens (tertiary/aromatic N) is 3. The molecule has 3 amide bonds. The Labute approximate surface area is 217 Å². The van der Waals surface area contributed by atoms with Gasteiger partial charge in [0.2, 0.25) is 5.91 Å². The molecule has 1 saturated heterocycles. The standard InChI is InChI=1S/C25H28IN5O2S/c1-27-25-30(2)16-21(34-25)17-12-14-31(15-13-17)23(32)22(18-6-4-3-5-7-18)29-24(33)28-20-10-8-19(26)9-11-20/h3-11,16-17,22H,12-15H2,1-2H3,(H2,28,29,33)/t22-/m1/s1. The van der Waals surface area contributed by atoms with E-state index in [0.29, 0.717) is 24.7 Å². The molecule has 178 valence electrons. The van der Waals surface area contributed by atoms with Crippen molar-refractivity contribution < 1.29 is 9.59 Å². The number of carbonyl (C=O) groups is 2. The van der Waals surface area contributed by atoms with Crippen LogP contribution in [0.1, 0.15) is 35.2 Å². The summed E-state index contributed by atoms with van der Waals surface area (Å²) in [6.45, 7) is 1.32. The third-order valence-electron chi connectivity index (χ3n) is 5.99. The summed E-state index contributed by atoms with van der Waals surface area (Å²) in [4.78, 5) is 34.8. The summed E-state index contributed by atoms with van der Waals surface area (Å²) in [6.07, 6.45) is 3.94. The van der Waals surface area contributed by atoms with Crippen molar-refractivity contribution in [3.63, 3.8) is 0 Å². The minimum Gasteiger partial charge on any atom is -0.341 e. The van der Waals surface area contributed by atoms with Crippen molar-refractivity contribution in [3.05, 3.63) is 79.6 Å². The van der Waals surface area contributed by atoms with Crippen LogP contribution in [0, 0.1) is 3.57 Å².